The van der Waals surface area contributed by atoms with Crippen molar-refractivity contribution in [3.8, 4) is 0 Å². The Morgan fingerprint density at radius 3 is 2.33 bits per heavy atom. The van der Waals surface area contributed by atoms with Crippen molar-refractivity contribution >= 4 is 10.0 Å². The van der Waals surface area contributed by atoms with Gasteiger partial charge < -0.3 is 4.57 Å². The number of rotatable bonds is 6. The summed E-state index contributed by atoms with van der Waals surface area (Å²) in [5.41, 5.74) is 3.24. The fourth-order valence-electron chi connectivity index (χ4n) is 3.80. The Kier molecular flexibility index (Phi) is 6.40. The molecular weight excluding hydrogens is 358 g/mol. The van der Waals surface area contributed by atoms with Crippen molar-refractivity contribution < 1.29 is 8.42 Å². The second-order valence-electron chi connectivity index (χ2n) is 7.61. The highest BCUT2D eigenvalue weighted by atomic mass is 32.2. The third kappa shape index (κ3) is 4.81. The first-order valence-corrected chi connectivity index (χ1v) is 11.3. The fourth-order valence-corrected chi connectivity index (χ4v) is 4.92. The van der Waals surface area contributed by atoms with Crippen LogP contribution in [0, 0.1) is 13.8 Å². The summed E-state index contributed by atoms with van der Waals surface area (Å²) in [5.74, 6) is 0. The molecule has 5 nitrogen and oxygen atoms in total. The molecule has 27 heavy (non-hydrogen) atoms. The molecule has 0 bridgehead atoms. The molecule has 0 radical (unpaired) electrons. The number of nitrogens with zero attached hydrogens (tertiary/aromatic N) is 2. The van der Waals surface area contributed by atoms with E-state index in [0.717, 1.165) is 29.9 Å². The van der Waals surface area contributed by atoms with Crippen molar-refractivity contribution in [1.82, 2.24) is 14.2 Å². The summed E-state index contributed by atoms with van der Waals surface area (Å²) in [7, 11) is -1.51. The molecule has 1 atom stereocenters. The van der Waals surface area contributed by atoms with Gasteiger partial charge in [-0.05, 0) is 75.2 Å². The Morgan fingerprint density at radius 1 is 1.04 bits per heavy atom. The van der Waals surface area contributed by atoms with Crippen molar-refractivity contribution in [1.29, 1.82) is 0 Å². The van der Waals surface area contributed by atoms with Crippen LogP contribution in [0.4, 0.5) is 0 Å². The number of aryl methyl sites for hydroxylation is 3. The van der Waals surface area contributed by atoms with Gasteiger partial charge in [-0.25, -0.2) is 13.1 Å². The van der Waals surface area contributed by atoms with E-state index in [0.29, 0.717) is 11.4 Å². The van der Waals surface area contributed by atoms with Crippen molar-refractivity contribution in [3.63, 3.8) is 0 Å². The van der Waals surface area contributed by atoms with E-state index in [2.05, 4.69) is 20.3 Å². The number of hydrogen-bond donors (Lipinski definition) is 1. The first kappa shape index (κ1) is 20.1. The number of hydrogen-bond acceptors (Lipinski definition) is 3. The number of aromatic nitrogens is 1. The average Bonchev–Trinajstić information content (AvgIpc) is 2.88. The maximum atomic E-state index is 12.9. The molecule has 1 saturated heterocycles. The van der Waals surface area contributed by atoms with Gasteiger partial charge in [0.05, 0.1) is 10.9 Å². The zero-order chi connectivity index (χ0) is 19.4. The van der Waals surface area contributed by atoms with E-state index in [1.807, 2.05) is 39.2 Å². The Labute approximate surface area is 163 Å². The second-order valence-corrected chi connectivity index (χ2v) is 9.37. The lowest BCUT2D eigenvalue weighted by atomic mass is 10.1. The van der Waals surface area contributed by atoms with E-state index in [9.17, 15) is 8.42 Å². The number of benzene rings is 1. The molecule has 6 heteroatoms. The highest BCUT2D eigenvalue weighted by Gasteiger charge is 2.25. The van der Waals surface area contributed by atoms with Gasteiger partial charge in [0.25, 0.3) is 0 Å². The largest absolute Gasteiger partial charge is 0.353 e. The summed E-state index contributed by atoms with van der Waals surface area (Å²) >= 11 is 0. The number of nitrogens with one attached hydrogen (secondary N) is 1. The van der Waals surface area contributed by atoms with Gasteiger partial charge in [-0.1, -0.05) is 18.9 Å². The molecule has 1 fully saturated rings. The fraction of sp³-hybridized carbons (Fsp3) is 0.524. The molecule has 1 aliphatic heterocycles. The van der Waals surface area contributed by atoms with E-state index < -0.39 is 10.0 Å². The van der Waals surface area contributed by atoms with Gasteiger partial charge in [0.2, 0.25) is 10.0 Å². The van der Waals surface area contributed by atoms with Crippen LogP contribution in [0.25, 0.3) is 0 Å². The Morgan fingerprint density at radius 2 is 1.74 bits per heavy atom. The second kappa shape index (κ2) is 8.59. The van der Waals surface area contributed by atoms with Crippen molar-refractivity contribution in [2.24, 2.45) is 7.05 Å². The average molecular weight is 390 g/mol. The van der Waals surface area contributed by atoms with Crippen LogP contribution >= 0.6 is 0 Å². The minimum atomic E-state index is -3.53. The molecule has 1 aliphatic rings. The first-order chi connectivity index (χ1) is 12.9. The molecule has 0 spiro atoms. The third-order valence-corrected chi connectivity index (χ3v) is 7.08. The maximum absolute atomic E-state index is 12.9. The van der Waals surface area contributed by atoms with Crippen molar-refractivity contribution in [2.45, 2.75) is 50.5 Å². The number of likely N-dealkylation sites (tertiary alicyclic amines) is 1. The number of sulfonamides is 1. The predicted octanol–water partition coefficient (Wildman–Crippen LogP) is 3.54. The topological polar surface area (TPSA) is 54.3 Å². The molecule has 0 amide bonds. The van der Waals surface area contributed by atoms with Gasteiger partial charge in [-0.2, -0.15) is 0 Å². The zero-order valence-electron chi connectivity index (χ0n) is 16.6. The van der Waals surface area contributed by atoms with Crippen LogP contribution in [0.15, 0.2) is 41.4 Å². The molecule has 2 aromatic rings. The highest BCUT2D eigenvalue weighted by Crippen LogP contribution is 2.25. The van der Waals surface area contributed by atoms with Gasteiger partial charge in [0.15, 0.2) is 0 Å². The van der Waals surface area contributed by atoms with Crippen LogP contribution in [0.2, 0.25) is 0 Å². The van der Waals surface area contributed by atoms with E-state index in [4.69, 9.17) is 0 Å². The molecule has 1 aromatic carbocycles. The summed E-state index contributed by atoms with van der Waals surface area (Å²) in [6, 6.07) is 9.48. The Hall–Kier alpha value is -1.63. The molecule has 148 valence electrons. The lowest BCUT2D eigenvalue weighted by molar-refractivity contribution is 0.199. The Bertz CT molecular complexity index is 865. The lowest BCUT2D eigenvalue weighted by Gasteiger charge is -2.31. The summed E-state index contributed by atoms with van der Waals surface area (Å²) in [5, 5.41) is 0. The van der Waals surface area contributed by atoms with Gasteiger partial charge in [0.1, 0.15) is 0 Å². The summed E-state index contributed by atoms with van der Waals surface area (Å²) in [4.78, 5) is 2.78. The smallest absolute Gasteiger partial charge is 0.240 e. The quantitative estimate of drug-likeness (QED) is 0.822. The normalized spacial score (nSPS) is 17.6. The molecule has 3 rings (SSSR count). The van der Waals surface area contributed by atoms with Crippen LogP contribution in [-0.2, 0) is 17.1 Å². The summed E-state index contributed by atoms with van der Waals surface area (Å²) < 4.78 is 30.7. The van der Waals surface area contributed by atoms with E-state index in [1.165, 1.54) is 25.7 Å². The molecule has 1 aromatic heterocycles. The molecular formula is C21H31N3O2S. The molecule has 2 heterocycles. The predicted molar refractivity (Wildman–Crippen MR) is 109 cm³/mol. The first-order valence-electron chi connectivity index (χ1n) is 9.81. The van der Waals surface area contributed by atoms with Crippen LogP contribution in [-0.4, -0.2) is 37.5 Å². The van der Waals surface area contributed by atoms with Gasteiger partial charge >= 0.3 is 0 Å². The maximum Gasteiger partial charge on any atom is 0.240 e. The summed E-state index contributed by atoms with van der Waals surface area (Å²) in [6.07, 6.45) is 6.88. The third-order valence-electron chi connectivity index (χ3n) is 5.66. The standard InChI is InChI=1S/C21H31N3O2S/c1-17-10-11-19(15-18(17)2)27(25,26)22-16-21(20-9-8-12-23(20)3)24-13-6-4-5-7-14-24/h8-12,15,21-22H,4-7,13-14,16H2,1-3H3. The monoisotopic (exact) mass is 389 g/mol. The lowest BCUT2D eigenvalue weighted by Crippen LogP contribution is -2.39. The van der Waals surface area contributed by atoms with E-state index in [1.54, 1.807) is 12.1 Å². The van der Waals surface area contributed by atoms with Crippen molar-refractivity contribution in [2.75, 3.05) is 19.6 Å². The molecule has 1 unspecified atom stereocenters. The van der Waals surface area contributed by atoms with Crippen LogP contribution in [0.3, 0.4) is 0 Å². The summed E-state index contributed by atoms with van der Waals surface area (Å²) in [6.45, 7) is 6.35. The minimum Gasteiger partial charge on any atom is -0.353 e. The molecule has 1 N–H and O–H groups in total. The van der Waals surface area contributed by atoms with Gasteiger partial charge in [-0.3, -0.25) is 4.90 Å². The highest BCUT2D eigenvalue weighted by molar-refractivity contribution is 7.89. The van der Waals surface area contributed by atoms with Crippen molar-refractivity contribution in [3.05, 3.63) is 53.3 Å². The SMILES string of the molecule is Cc1ccc(S(=O)(=O)NCC(c2cccn2C)N2CCCCCC2)cc1C. The van der Waals surface area contributed by atoms with Crippen LogP contribution in [0.1, 0.15) is 48.5 Å². The van der Waals surface area contributed by atoms with Crippen LogP contribution < -0.4 is 4.72 Å². The van der Waals surface area contributed by atoms with Gasteiger partial charge in [0, 0.05) is 25.5 Å². The Balaban J connectivity index is 1.81. The van der Waals surface area contributed by atoms with E-state index >= 15 is 0 Å². The molecule has 0 aliphatic carbocycles. The van der Waals surface area contributed by atoms with Gasteiger partial charge in [-0.15, -0.1) is 0 Å². The van der Waals surface area contributed by atoms with Crippen LogP contribution in [0.5, 0.6) is 0 Å². The zero-order valence-corrected chi connectivity index (χ0v) is 17.4. The van der Waals surface area contributed by atoms with E-state index in [-0.39, 0.29) is 6.04 Å². The molecule has 0 saturated carbocycles. The minimum absolute atomic E-state index is 0.0458.